The van der Waals surface area contributed by atoms with E-state index < -0.39 is 5.91 Å². The first-order valence-corrected chi connectivity index (χ1v) is 8.43. The number of fused-ring (bicyclic) bond motifs is 1. The molecule has 3 rings (SSSR count). The quantitative estimate of drug-likeness (QED) is 0.741. The van der Waals surface area contributed by atoms with Gasteiger partial charge in [0.05, 0.1) is 5.69 Å². The minimum atomic E-state index is -0.426. The van der Waals surface area contributed by atoms with Crippen LogP contribution >= 0.6 is 0 Å². The maximum atomic E-state index is 11.4. The van der Waals surface area contributed by atoms with Crippen LogP contribution in [0.3, 0.4) is 0 Å². The molecule has 0 radical (unpaired) electrons. The summed E-state index contributed by atoms with van der Waals surface area (Å²) in [6.07, 6.45) is 1.01. The van der Waals surface area contributed by atoms with Crippen LogP contribution < -0.4 is 11.1 Å². The molecular weight excluding hydrogens is 312 g/mol. The van der Waals surface area contributed by atoms with Gasteiger partial charge in [-0.05, 0) is 55.7 Å². The molecule has 0 saturated heterocycles. The Balaban J connectivity index is 2.10. The Labute approximate surface area is 147 Å². The Morgan fingerprint density at radius 2 is 1.88 bits per heavy atom. The highest BCUT2D eigenvalue weighted by Crippen LogP contribution is 2.29. The number of amides is 1. The predicted molar refractivity (Wildman–Crippen MR) is 102 cm³/mol. The van der Waals surface area contributed by atoms with Crippen LogP contribution in [0.15, 0.2) is 42.5 Å². The third-order valence-corrected chi connectivity index (χ3v) is 4.44. The average Bonchev–Trinajstić information content (AvgIpc) is 2.63. The molecule has 3 aromatic rings. The van der Waals surface area contributed by atoms with Crippen molar-refractivity contribution in [1.82, 2.24) is 10.2 Å². The molecule has 2 aromatic carbocycles. The molecule has 0 saturated carbocycles. The zero-order valence-electron chi connectivity index (χ0n) is 14.7. The summed E-state index contributed by atoms with van der Waals surface area (Å²) >= 11 is 0. The van der Waals surface area contributed by atoms with E-state index in [0.29, 0.717) is 11.6 Å². The number of hydrogen-bond donors (Lipinski definition) is 2. The van der Waals surface area contributed by atoms with Crippen molar-refractivity contribution in [3.05, 3.63) is 53.7 Å². The fourth-order valence-electron chi connectivity index (χ4n) is 2.76. The number of carbonyl (C=O) groups is 1. The van der Waals surface area contributed by atoms with Crippen molar-refractivity contribution in [3.8, 4) is 11.1 Å². The van der Waals surface area contributed by atoms with Crippen LogP contribution in [-0.2, 0) is 0 Å². The summed E-state index contributed by atoms with van der Waals surface area (Å²) in [5.41, 5.74) is 8.73. The molecule has 0 aliphatic heterocycles. The molecule has 3 N–H and O–H groups in total. The van der Waals surface area contributed by atoms with Crippen molar-refractivity contribution >= 4 is 22.5 Å². The zero-order chi connectivity index (χ0) is 18.0. The zero-order valence-corrected chi connectivity index (χ0v) is 14.7. The number of rotatable bonds is 5. The van der Waals surface area contributed by atoms with E-state index in [2.05, 4.69) is 35.4 Å². The Kier molecular flexibility index (Phi) is 4.65. The topological polar surface area (TPSA) is 80.9 Å². The number of hydrogen-bond acceptors (Lipinski definition) is 4. The number of carbonyl (C=O) groups excluding carboxylic acids is 1. The van der Waals surface area contributed by atoms with Crippen molar-refractivity contribution in [2.45, 2.75) is 33.2 Å². The lowest BCUT2D eigenvalue weighted by atomic mass is 9.99. The molecular formula is C20H22N4O. The van der Waals surface area contributed by atoms with Crippen molar-refractivity contribution in [1.29, 1.82) is 0 Å². The van der Waals surface area contributed by atoms with E-state index in [1.165, 1.54) is 0 Å². The van der Waals surface area contributed by atoms with Crippen molar-refractivity contribution in [2.24, 2.45) is 5.73 Å². The summed E-state index contributed by atoms with van der Waals surface area (Å²) < 4.78 is 0. The highest BCUT2D eigenvalue weighted by molar-refractivity contribution is 5.97. The van der Waals surface area contributed by atoms with E-state index in [0.717, 1.165) is 39.8 Å². The number of nitrogens with one attached hydrogen (secondary N) is 1. The van der Waals surface area contributed by atoms with Gasteiger partial charge in [-0.1, -0.05) is 25.1 Å². The van der Waals surface area contributed by atoms with Gasteiger partial charge in [-0.2, -0.15) is 5.10 Å². The van der Waals surface area contributed by atoms with Crippen LogP contribution in [0.2, 0.25) is 0 Å². The number of anilines is 1. The number of aromatic nitrogens is 2. The van der Waals surface area contributed by atoms with E-state index in [-0.39, 0.29) is 0 Å². The lowest BCUT2D eigenvalue weighted by molar-refractivity contribution is 0.100. The fraction of sp³-hybridized carbons (Fsp3) is 0.250. The number of nitrogens with two attached hydrogens (primary N) is 1. The standard InChI is InChI=1S/C20H22N4O/c1-4-12(2)22-20-17-9-8-15(11-18(17)13(3)23-24-20)14-6-5-7-16(10-14)19(21)25/h5-12H,4H2,1-3H3,(H2,21,25)(H,22,24)/t12-/m0/s1. The van der Waals surface area contributed by atoms with E-state index in [4.69, 9.17) is 5.73 Å². The fourth-order valence-corrected chi connectivity index (χ4v) is 2.76. The Bertz CT molecular complexity index is 936. The molecule has 1 heterocycles. The Hall–Kier alpha value is -2.95. The van der Waals surface area contributed by atoms with Gasteiger partial charge >= 0.3 is 0 Å². The smallest absolute Gasteiger partial charge is 0.248 e. The summed E-state index contributed by atoms with van der Waals surface area (Å²) in [6.45, 7) is 6.20. The molecule has 0 fully saturated rings. The minimum absolute atomic E-state index is 0.326. The van der Waals surface area contributed by atoms with E-state index in [1.54, 1.807) is 6.07 Å². The van der Waals surface area contributed by atoms with Crippen molar-refractivity contribution < 1.29 is 4.79 Å². The number of aryl methyl sites for hydroxylation is 1. The molecule has 1 aromatic heterocycles. The first kappa shape index (κ1) is 16.9. The van der Waals surface area contributed by atoms with Crippen LogP contribution in [-0.4, -0.2) is 22.1 Å². The second-order valence-corrected chi connectivity index (χ2v) is 6.29. The normalized spacial score (nSPS) is 12.1. The second-order valence-electron chi connectivity index (χ2n) is 6.29. The molecule has 0 aliphatic carbocycles. The molecule has 0 spiro atoms. The minimum Gasteiger partial charge on any atom is -0.366 e. The maximum Gasteiger partial charge on any atom is 0.248 e. The highest BCUT2D eigenvalue weighted by Gasteiger charge is 2.11. The Morgan fingerprint density at radius 1 is 1.12 bits per heavy atom. The molecule has 0 unspecified atom stereocenters. The monoisotopic (exact) mass is 334 g/mol. The number of nitrogens with zero attached hydrogens (tertiary/aromatic N) is 2. The van der Waals surface area contributed by atoms with E-state index >= 15 is 0 Å². The van der Waals surface area contributed by atoms with Crippen LogP contribution in [0.4, 0.5) is 5.82 Å². The summed E-state index contributed by atoms with van der Waals surface area (Å²) in [5.74, 6) is 0.372. The molecule has 5 heteroatoms. The van der Waals surface area contributed by atoms with Crippen molar-refractivity contribution in [3.63, 3.8) is 0 Å². The summed E-state index contributed by atoms with van der Waals surface area (Å²) in [6, 6.07) is 13.8. The van der Waals surface area contributed by atoms with Crippen LogP contribution in [0.5, 0.6) is 0 Å². The number of primary amides is 1. The largest absolute Gasteiger partial charge is 0.366 e. The third-order valence-electron chi connectivity index (χ3n) is 4.44. The molecule has 0 bridgehead atoms. The van der Waals surface area contributed by atoms with Gasteiger partial charge in [0.25, 0.3) is 0 Å². The summed E-state index contributed by atoms with van der Waals surface area (Å²) in [5, 5.41) is 14.1. The van der Waals surface area contributed by atoms with Crippen LogP contribution in [0, 0.1) is 6.92 Å². The first-order chi connectivity index (χ1) is 12.0. The SMILES string of the molecule is CC[C@H](C)Nc1nnc(C)c2cc(-c3cccc(C(N)=O)c3)ccc12. The lowest BCUT2D eigenvalue weighted by Gasteiger charge is -2.15. The third kappa shape index (κ3) is 3.45. The molecule has 1 amide bonds. The summed E-state index contributed by atoms with van der Waals surface area (Å²) in [7, 11) is 0. The summed E-state index contributed by atoms with van der Waals surface area (Å²) in [4.78, 5) is 11.4. The van der Waals surface area contributed by atoms with Gasteiger partial charge in [0, 0.05) is 22.4 Å². The van der Waals surface area contributed by atoms with Gasteiger partial charge in [0.2, 0.25) is 5.91 Å². The van der Waals surface area contributed by atoms with Crippen LogP contribution in [0.25, 0.3) is 21.9 Å². The van der Waals surface area contributed by atoms with Gasteiger partial charge in [-0.25, -0.2) is 0 Å². The van der Waals surface area contributed by atoms with E-state index in [9.17, 15) is 4.79 Å². The van der Waals surface area contributed by atoms with Gasteiger partial charge in [0.1, 0.15) is 0 Å². The van der Waals surface area contributed by atoms with Crippen molar-refractivity contribution in [2.75, 3.05) is 5.32 Å². The van der Waals surface area contributed by atoms with Crippen LogP contribution in [0.1, 0.15) is 36.3 Å². The predicted octanol–water partition coefficient (Wildman–Crippen LogP) is 3.91. The first-order valence-electron chi connectivity index (χ1n) is 8.43. The highest BCUT2D eigenvalue weighted by atomic mass is 16.1. The number of benzene rings is 2. The van der Waals surface area contributed by atoms with Gasteiger partial charge < -0.3 is 11.1 Å². The molecule has 5 nitrogen and oxygen atoms in total. The lowest BCUT2D eigenvalue weighted by Crippen LogP contribution is -2.15. The van der Waals surface area contributed by atoms with Gasteiger partial charge in [-0.15, -0.1) is 5.10 Å². The maximum absolute atomic E-state index is 11.4. The van der Waals surface area contributed by atoms with E-state index in [1.807, 2.05) is 37.3 Å². The molecule has 0 aliphatic rings. The second kappa shape index (κ2) is 6.89. The molecule has 25 heavy (non-hydrogen) atoms. The van der Waals surface area contributed by atoms with Gasteiger partial charge in [0.15, 0.2) is 5.82 Å². The van der Waals surface area contributed by atoms with Gasteiger partial charge in [-0.3, -0.25) is 4.79 Å². The average molecular weight is 334 g/mol. The molecule has 128 valence electrons. The molecule has 1 atom stereocenters. The Morgan fingerprint density at radius 3 is 2.60 bits per heavy atom.